The Morgan fingerprint density at radius 1 is 1.36 bits per heavy atom. The molecule has 6 heteroatoms. The van der Waals surface area contributed by atoms with Crippen molar-refractivity contribution in [1.29, 1.82) is 0 Å². The van der Waals surface area contributed by atoms with E-state index in [1.165, 1.54) is 25.7 Å². The van der Waals surface area contributed by atoms with Crippen LogP contribution in [0.5, 0.6) is 0 Å². The first-order valence-corrected chi connectivity index (χ1v) is 9.77. The van der Waals surface area contributed by atoms with Crippen molar-refractivity contribution in [3.63, 3.8) is 0 Å². The van der Waals surface area contributed by atoms with E-state index in [0.717, 1.165) is 43.7 Å². The van der Waals surface area contributed by atoms with Gasteiger partial charge in [-0.25, -0.2) is 0 Å². The summed E-state index contributed by atoms with van der Waals surface area (Å²) in [5, 5.41) is 7.04. The van der Waals surface area contributed by atoms with Gasteiger partial charge in [-0.15, -0.1) is 4.91 Å². The Hall–Kier alpha value is -1.43. The number of hydrogen-bond donors (Lipinski definition) is 0. The van der Waals surface area contributed by atoms with E-state index in [2.05, 4.69) is 35.3 Å². The van der Waals surface area contributed by atoms with Gasteiger partial charge < -0.3 is 9.36 Å². The average Bonchev–Trinajstić information content (AvgIpc) is 3.23. The maximum Gasteiger partial charge on any atom is 0.189 e. The molecular formula is C19H33N3O3. The summed E-state index contributed by atoms with van der Waals surface area (Å²) in [5.74, 6) is 1.36. The van der Waals surface area contributed by atoms with Crippen molar-refractivity contribution >= 4 is 0 Å². The van der Waals surface area contributed by atoms with Crippen LogP contribution < -0.4 is 0 Å². The van der Waals surface area contributed by atoms with Crippen LogP contribution in [0.3, 0.4) is 0 Å². The Morgan fingerprint density at radius 2 is 2.16 bits per heavy atom. The van der Waals surface area contributed by atoms with Gasteiger partial charge >= 0.3 is 0 Å². The summed E-state index contributed by atoms with van der Waals surface area (Å²) in [6.07, 6.45) is 9.24. The molecule has 1 aromatic heterocycles. The van der Waals surface area contributed by atoms with E-state index < -0.39 is 5.72 Å². The summed E-state index contributed by atoms with van der Waals surface area (Å²) < 4.78 is 5.73. The molecule has 0 aliphatic carbocycles. The summed E-state index contributed by atoms with van der Waals surface area (Å²) in [6.45, 7) is 9.05. The fourth-order valence-corrected chi connectivity index (χ4v) is 3.93. The van der Waals surface area contributed by atoms with Gasteiger partial charge in [0, 0.05) is 18.5 Å². The SMILES string of the molecule is CCCCCC(CCC)c1cc(C2CCCN2C(C)(C)ON=O)on1. The highest BCUT2D eigenvalue weighted by Crippen LogP contribution is 2.39. The van der Waals surface area contributed by atoms with Gasteiger partial charge in [0.15, 0.2) is 16.8 Å². The maximum atomic E-state index is 10.6. The zero-order valence-electron chi connectivity index (χ0n) is 16.2. The lowest BCUT2D eigenvalue weighted by atomic mass is 9.93. The van der Waals surface area contributed by atoms with Gasteiger partial charge in [0.25, 0.3) is 0 Å². The summed E-state index contributed by atoms with van der Waals surface area (Å²) in [4.78, 5) is 17.8. The van der Waals surface area contributed by atoms with Gasteiger partial charge in [0.1, 0.15) is 0 Å². The first-order valence-electron chi connectivity index (χ1n) is 9.77. The van der Waals surface area contributed by atoms with Crippen LogP contribution in [0, 0.1) is 4.91 Å². The van der Waals surface area contributed by atoms with Crippen molar-refractivity contribution in [1.82, 2.24) is 10.1 Å². The first kappa shape index (κ1) is 19.9. The molecule has 1 fully saturated rings. The highest BCUT2D eigenvalue weighted by molar-refractivity contribution is 5.15. The molecule has 0 saturated carbocycles. The van der Waals surface area contributed by atoms with Crippen LogP contribution in [0.15, 0.2) is 15.9 Å². The average molecular weight is 351 g/mol. The van der Waals surface area contributed by atoms with E-state index in [1.807, 2.05) is 13.8 Å². The molecule has 2 rings (SSSR count). The zero-order chi connectivity index (χ0) is 18.3. The summed E-state index contributed by atoms with van der Waals surface area (Å²) in [6, 6.07) is 2.22. The van der Waals surface area contributed by atoms with Gasteiger partial charge in [-0.3, -0.25) is 4.90 Å². The quantitative estimate of drug-likeness (QED) is 0.290. The molecule has 0 bridgehead atoms. The van der Waals surface area contributed by atoms with Gasteiger partial charge in [0.05, 0.1) is 11.7 Å². The van der Waals surface area contributed by atoms with Crippen LogP contribution in [0.25, 0.3) is 0 Å². The van der Waals surface area contributed by atoms with Crippen LogP contribution >= 0.6 is 0 Å². The Kier molecular flexibility index (Phi) is 7.41. The second-order valence-corrected chi connectivity index (χ2v) is 7.60. The minimum Gasteiger partial charge on any atom is -0.359 e. The van der Waals surface area contributed by atoms with Crippen molar-refractivity contribution in [2.75, 3.05) is 6.54 Å². The van der Waals surface area contributed by atoms with E-state index >= 15 is 0 Å². The molecule has 2 unspecified atom stereocenters. The summed E-state index contributed by atoms with van der Waals surface area (Å²) >= 11 is 0. The Balaban J connectivity index is 2.11. The van der Waals surface area contributed by atoms with E-state index in [4.69, 9.17) is 9.36 Å². The number of unbranched alkanes of at least 4 members (excludes halogenated alkanes) is 2. The lowest BCUT2D eigenvalue weighted by molar-refractivity contribution is -0.142. The van der Waals surface area contributed by atoms with E-state index in [0.29, 0.717) is 5.92 Å². The molecule has 1 aliphatic heterocycles. The third-order valence-corrected chi connectivity index (χ3v) is 5.29. The van der Waals surface area contributed by atoms with Crippen molar-refractivity contribution in [2.24, 2.45) is 5.34 Å². The van der Waals surface area contributed by atoms with E-state index in [-0.39, 0.29) is 6.04 Å². The topological polar surface area (TPSA) is 67.9 Å². The fraction of sp³-hybridized carbons (Fsp3) is 0.842. The summed E-state index contributed by atoms with van der Waals surface area (Å²) in [7, 11) is 0. The van der Waals surface area contributed by atoms with Crippen LogP contribution in [0.1, 0.15) is 102 Å². The molecule has 142 valence electrons. The van der Waals surface area contributed by atoms with Gasteiger partial charge in [-0.05, 0) is 39.5 Å². The zero-order valence-corrected chi connectivity index (χ0v) is 16.2. The monoisotopic (exact) mass is 351 g/mol. The largest absolute Gasteiger partial charge is 0.359 e. The minimum atomic E-state index is -0.736. The molecule has 0 spiro atoms. The third-order valence-electron chi connectivity index (χ3n) is 5.29. The van der Waals surface area contributed by atoms with E-state index in [1.54, 1.807) is 0 Å². The van der Waals surface area contributed by atoms with Crippen LogP contribution in [-0.2, 0) is 4.84 Å². The highest BCUT2D eigenvalue weighted by Gasteiger charge is 2.41. The maximum absolute atomic E-state index is 10.6. The van der Waals surface area contributed by atoms with Crippen molar-refractivity contribution in [3.05, 3.63) is 22.4 Å². The molecule has 2 heterocycles. The molecule has 0 N–H and O–H groups in total. The number of hydrogen-bond acceptors (Lipinski definition) is 6. The predicted octanol–water partition coefficient (Wildman–Crippen LogP) is 5.71. The predicted molar refractivity (Wildman–Crippen MR) is 97.9 cm³/mol. The van der Waals surface area contributed by atoms with Crippen molar-refractivity contribution in [2.45, 2.75) is 96.7 Å². The molecule has 0 radical (unpaired) electrons. The standard InChI is InChI=1S/C19H33N3O3/c1-5-7-8-11-15(10-6-2)16-14-18(24-20-16)17-12-9-13-22(17)19(3,4)25-21-23/h14-15,17H,5-13H2,1-4H3. The lowest BCUT2D eigenvalue weighted by Gasteiger charge is -2.35. The molecule has 0 aromatic carbocycles. The lowest BCUT2D eigenvalue weighted by Crippen LogP contribution is -2.44. The molecule has 0 amide bonds. The molecule has 2 atom stereocenters. The normalized spacial score (nSPS) is 19.9. The fourth-order valence-electron chi connectivity index (χ4n) is 3.93. The van der Waals surface area contributed by atoms with Crippen LogP contribution in [0.4, 0.5) is 0 Å². The number of likely N-dealkylation sites (tertiary alicyclic amines) is 1. The Bertz CT molecular complexity index is 530. The van der Waals surface area contributed by atoms with Crippen molar-refractivity contribution < 1.29 is 9.36 Å². The Morgan fingerprint density at radius 3 is 2.84 bits per heavy atom. The highest BCUT2D eigenvalue weighted by atomic mass is 16.7. The first-order chi connectivity index (χ1) is 12.0. The molecule has 6 nitrogen and oxygen atoms in total. The second kappa shape index (κ2) is 9.32. The van der Waals surface area contributed by atoms with Crippen LogP contribution in [-0.4, -0.2) is 22.3 Å². The van der Waals surface area contributed by atoms with Gasteiger partial charge in [-0.1, -0.05) is 44.7 Å². The van der Waals surface area contributed by atoms with Gasteiger partial charge in [0.2, 0.25) is 0 Å². The second-order valence-electron chi connectivity index (χ2n) is 7.60. The number of rotatable bonds is 11. The Labute approximate surface area is 151 Å². The smallest absolute Gasteiger partial charge is 0.189 e. The summed E-state index contributed by atoms with van der Waals surface area (Å²) in [5.41, 5.74) is 0.340. The molecule has 1 aromatic rings. The van der Waals surface area contributed by atoms with Crippen molar-refractivity contribution in [3.8, 4) is 0 Å². The molecular weight excluding hydrogens is 318 g/mol. The van der Waals surface area contributed by atoms with Gasteiger partial charge in [-0.2, -0.15) is 0 Å². The minimum absolute atomic E-state index is 0.0934. The molecule has 1 saturated heterocycles. The number of aromatic nitrogens is 1. The molecule has 1 aliphatic rings. The van der Waals surface area contributed by atoms with Crippen LogP contribution in [0.2, 0.25) is 0 Å². The number of nitrogens with zero attached hydrogens (tertiary/aromatic N) is 3. The third kappa shape index (κ3) is 5.03. The van der Waals surface area contributed by atoms with E-state index in [9.17, 15) is 4.91 Å². The molecule has 25 heavy (non-hydrogen) atoms.